The van der Waals surface area contributed by atoms with Gasteiger partial charge in [0.15, 0.2) is 0 Å². The van der Waals surface area contributed by atoms with Gasteiger partial charge in [0.1, 0.15) is 5.82 Å². The van der Waals surface area contributed by atoms with Crippen LogP contribution in [0.3, 0.4) is 0 Å². The van der Waals surface area contributed by atoms with Crippen molar-refractivity contribution >= 4 is 23.1 Å². The molecule has 1 aromatic heterocycles. The molecule has 29 heavy (non-hydrogen) atoms. The maximum atomic E-state index is 12.8. The Bertz CT molecular complexity index is 870. The zero-order valence-corrected chi connectivity index (χ0v) is 18.8. The van der Waals surface area contributed by atoms with Crippen LogP contribution in [0.5, 0.6) is 0 Å². The zero-order chi connectivity index (χ0) is 20.5. The number of aromatic nitrogens is 1. The van der Waals surface area contributed by atoms with Crippen LogP contribution in [-0.2, 0) is 6.54 Å². The van der Waals surface area contributed by atoms with E-state index in [1.54, 1.807) is 11.3 Å². The molecule has 0 N–H and O–H groups in total. The number of rotatable bonds is 6. The van der Waals surface area contributed by atoms with Crippen molar-refractivity contribution in [2.75, 3.05) is 44.7 Å². The summed E-state index contributed by atoms with van der Waals surface area (Å²) < 4.78 is 0. The highest BCUT2D eigenvalue weighted by Crippen LogP contribution is 2.30. The molecule has 0 aliphatic carbocycles. The summed E-state index contributed by atoms with van der Waals surface area (Å²) >= 11 is 1.76. The summed E-state index contributed by atoms with van der Waals surface area (Å²) in [7, 11) is 2.17. The minimum atomic E-state index is 0.180. The van der Waals surface area contributed by atoms with Gasteiger partial charge in [-0.2, -0.15) is 0 Å². The fourth-order valence-corrected chi connectivity index (χ4v) is 5.02. The Morgan fingerprint density at radius 2 is 1.90 bits per heavy atom. The first-order valence-electron chi connectivity index (χ1n) is 10.7. The van der Waals surface area contributed by atoms with Gasteiger partial charge >= 0.3 is 0 Å². The van der Waals surface area contributed by atoms with Crippen LogP contribution < -0.4 is 4.90 Å². The van der Waals surface area contributed by atoms with Crippen molar-refractivity contribution in [1.82, 2.24) is 14.8 Å². The van der Waals surface area contributed by atoms with Crippen LogP contribution >= 0.6 is 11.3 Å². The lowest BCUT2D eigenvalue weighted by atomic mass is 9.98. The summed E-state index contributed by atoms with van der Waals surface area (Å²) in [6.45, 7) is 12.4. The van der Waals surface area contributed by atoms with Gasteiger partial charge in [-0.1, -0.05) is 32.9 Å². The van der Waals surface area contributed by atoms with Crippen LogP contribution in [0.15, 0.2) is 23.6 Å². The van der Waals surface area contributed by atoms with Gasteiger partial charge in [0.25, 0.3) is 5.91 Å². The molecule has 2 aromatic rings. The van der Waals surface area contributed by atoms with E-state index in [1.165, 1.54) is 16.1 Å². The maximum absolute atomic E-state index is 12.8. The van der Waals surface area contributed by atoms with Crippen LogP contribution in [0, 0.1) is 0 Å². The van der Waals surface area contributed by atoms with Crippen molar-refractivity contribution in [3.63, 3.8) is 0 Å². The molecular formula is C23H32N4OS. The number of hydrogen-bond donors (Lipinski definition) is 0. The second-order valence-electron chi connectivity index (χ2n) is 8.82. The molecule has 1 atom stereocenters. The topological polar surface area (TPSA) is 39.7 Å². The van der Waals surface area contributed by atoms with Gasteiger partial charge in [-0.25, -0.2) is 4.98 Å². The highest BCUT2D eigenvalue weighted by atomic mass is 32.1. The highest BCUT2D eigenvalue weighted by Gasteiger charge is 2.28. The highest BCUT2D eigenvalue weighted by molar-refractivity contribution is 7.10. The average Bonchev–Trinajstić information content (AvgIpc) is 3.32. The molecule has 0 radical (unpaired) electrons. The molecule has 5 nitrogen and oxygen atoms in total. The number of fused-ring (bicyclic) bond motifs is 1. The molecule has 3 heterocycles. The molecule has 1 saturated heterocycles. The Hall–Kier alpha value is -1.92. The van der Waals surface area contributed by atoms with Crippen molar-refractivity contribution in [3.05, 3.63) is 45.3 Å². The lowest BCUT2D eigenvalue weighted by molar-refractivity contribution is 0.0774. The van der Waals surface area contributed by atoms with Gasteiger partial charge in [0.2, 0.25) is 0 Å². The van der Waals surface area contributed by atoms with E-state index < -0.39 is 0 Å². The number of thiazole rings is 1. The third-order valence-electron chi connectivity index (χ3n) is 6.27. The van der Waals surface area contributed by atoms with Gasteiger partial charge < -0.3 is 14.7 Å². The SMILES string of the molecule is CC(C)c1ccc2c(c1)CN(CCC(C)c1nc(N3CCN(C)CC3)cs1)C2=O. The molecule has 4 rings (SSSR count). The van der Waals surface area contributed by atoms with E-state index in [0.29, 0.717) is 11.8 Å². The van der Waals surface area contributed by atoms with E-state index in [-0.39, 0.29) is 5.91 Å². The maximum Gasteiger partial charge on any atom is 0.254 e. The fraction of sp³-hybridized carbons (Fsp3) is 0.565. The summed E-state index contributed by atoms with van der Waals surface area (Å²) in [6, 6.07) is 6.33. The van der Waals surface area contributed by atoms with Gasteiger partial charge in [0, 0.05) is 56.1 Å². The third kappa shape index (κ3) is 4.33. The number of carbonyl (C=O) groups is 1. The predicted molar refractivity (Wildman–Crippen MR) is 120 cm³/mol. The number of likely N-dealkylation sites (N-methyl/N-ethyl adjacent to an activating group) is 1. The minimum absolute atomic E-state index is 0.180. The lowest BCUT2D eigenvalue weighted by Gasteiger charge is -2.32. The molecule has 156 valence electrons. The van der Waals surface area contributed by atoms with E-state index >= 15 is 0 Å². The molecule has 2 aliphatic heterocycles. The first-order chi connectivity index (χ1) is 13.9. The van der Waals surface area contributed by atoms with Gasteiger partial charge in [-0.05, 0) is 36.6 Å². The van der Waals surface area contributed by atoms with Crippen LogP contribution in [0.25, 0.3) is 0 Å². The number of benzene rings is 1. The van der Waals surface area contributed by atoms with Crippen molar-refractivity contribution in [1.29, 1.82) is 0 Å². The van der Waals surface area contributed by atoms with Crippen LogP contribution in [0.1, 0.15) is 65.5 Å². The summed E-state index contributed by atoms with van der Waals surface area (Å²) in [6.07, 6.45) is 0.951. The van der Waals surface area contributed by atoms with Crippen molar-refractivity contribution in [3.8, 4) is 0 Å². The van der Waals surface area contributed by atoms with E-state index in [4.69, 9.17) is 4.98 Å². The number of piperazine rings is 1. The Kier molecular flexibility index (Phi) is 5.93. The fourth-order valence-electron chi connectivity index (χ4n) is 4.10. The summed E-state index contributed by atoms with van der Waals surface area (Å²) in [4.78, 5) is 24.4. The van der Waals surface area contributed by atoms with E-state index in [2.05, 4.69) is 55.1 Å². The third-order valence-corrected chi connectivity index (χ3v) is 7.33. The van der Waals surface area contributed by atoms with Crippen molar-refractivity contribution < 1.29 is 4.79 Å². The quantitative estimate of drug-likeness (QED) is 0.714. The molecule has 1 amide bonds. The second-order valence-corrected chi connectivity index (χ2v) is 9.71. The zero-order valence-electron chi connectivity index (χ0n) is 18.0. The molecule has 1 aromatic carbocycles. The molecule has 6 heteroatoms. The predicted octanol–water partition coefficient (Wildman–Crippen LogP) is 4.17. The number of anilines is 1. The van der Waals surface area contributed by atoms with Gasteiger partial charge in [0.05, 0.1) is 5.01 Å². The van der Waals surface area contributed by atoms with E-state index in [9.17, 15) is 4.79 Å². The first-order valence-corrected chi connectivity index (χ1v) is 11.6. The standard InChI is InChI=1S/C23H32N4OS/c1-16(2)18-5-6-20-19(13-18)14-27(23(20)28)8-7-17(3)22-24-21(15-29-22)26-11-9-25(4)10-12-26/h5-6,13,15-17H,7-12,14H2,1-4H3. The van der Waals surface area contributed by atoms with Gasteiger partial charge in [-0.3, -0.25) is 4.79 Å². The molecule has 2 aliphatic rings. The minimum Gasteiger partial charge on any atom is -0.353 e. The monoisotopic (exact) mass is 412 g/mol. The normalized spacial score (nSPS) is 18.6. The Morgan fingerprint density at radius 3 is 2.62 bits per heavy atom. The smallest absolute Gasteiger partial charge is 0.254 e. The average molecular weight is 413 g/mol. The second kappa shape index (κ2) is 8.44. The molecular weight excluding hydrogens is 380 g/mol. The Balaban J connectivity index is 1.34. The van der Waals surface area contributed by atoms with Crippen LogP contribution in [0.2, 0.25) is 0 Å². The van der Waals surface area contributed by atoms with Crippen molar-refractivity contribution in [2.24, 2.45) is 0 Å². The molecule has 1 unspecified atom stereocenters. The summed E-state index contributed by atoms with van der Waals surface area (Å²) in [5.41, 5.74) is 3.38. The molecule has 1 fully saturated rings. The lowest BCUT2D eigenvalue weighted by Crippen LogP contribution is -2.44. The number of carbonyl (C=O) groups excluding carboxylic acids is 1. The summed E-state index contributed by atoms with van der Waals surface area (Å²) in [5.74, 6) is 2.16. The Labute approximate surface area is 178 Å². The molecule has 0 saturated carbocycles. The summed E-state index contributed by atoms with van der Waals surface area (Å²) in [5, 5.41) is 3.38. The van der Waals surface area contributed by atoms with E-state index in [0.717, 1.165) is 57.1 Å². The van der Waals surface area contributed by atoms with Crippen LogP contribution in [-0.4, -0.2) is 60.5 Å². The largest absolute Gasteiger partial charge is 0.353 e. The van der Waals surface area contributed by atoms with E-state index in [1.807, 2.05) is 11.0 Å². The first kappa shape index (κ1) is 20.4. The van der Waals surface area contributed by atoms with Crippen LogP contribution in [0.4, 0.5) is 5.82 Å². The molecule has 0 spiro atoms. The molecule has 0 bridgehead atoms. The Morgan fingerprint density at radius 1 is 1.14 bits per heavy atom. The number of nitrogens with zero attached hydrogens (tertiary/aromatic N) is 4. The number of hydrogen-bond acceptors (Lipinski definition) is 5. The van der Waals surface area contributed by atoms with Crippen molar-refractivity contribution in [2.45, 2.75) is 45.6 Å². The number of amides is 1. The van der Waals surface area contributed by atoms with Gasteiger partial charge in [-0.15, -0.1) is 11.3 Å².